The molecular weight excluding hydrogens is 1710 g/mol. The van der Waals surface area contributed by atoms with Gasteiger partial charge in [-0.1, -0.05) is 162 Å². The van der Waals surface area contributed by atoms with Crippen molar-refractivity contribution in [3.8, 4) is 33.6 Å². The topological polar surface area (TPSA) is 335 Å². The number of benzene rings is 6. The number of aromatic nitrogens is 4. The van der Waals surface area contributed by atoms with Crippen LogP contribution in [0.25, 0.3) is 66.3 Å². The molecule has 130 heavy (non-hydrogen) atoms. The maximum atomic E-state index is 14.0. The third-order valence-electron chi connectivity index (χ3n) is 28.0. The summed E-state index contributed by atoms with van der Waals surface area (Å²) in [5, 5.41) is 15.5. The summed E-state index contributed by atoms with van der Waals surface area (Å²) in [7, 11) is 4.84. The number of carbonyl (C=O) groups excluding carboxylic acids is 8. The van der Waals surface area contributed by atoms with Crippen molar-refractivity contribution in [2.75, 3.05) is 41.5 Å². The predicted octanol–water partition coefficient (Wildman–Crippen LogP) is 16.9. The van der Waals surface area contributed by atoms with Gasteiger partial charge in [0.25, 0.3) is 0 Å². The van der Waals surface area contributed by atoms with Gasteiger partial charge in [-0.15, -0.1) is 0 Å². The normalized spacial score (nSPS) is 22.5. The molecular formula is C100H122BBrN14O14. The second-order valence-corrected chi connectivity index (χ2v) is 39.1. The van der Waals surface area contributed by atoms with E-state index in [0.717, 1.165) is 175 Å². The van der Waals surface area contributed by atoms with Gasteiger partial charge >= 0.3 is 31.5 Å². The summed E-state index contributed by atoms with van der Waals surface area (Å²) in [6.07, 6.45) is 16.1. The molecule has 2 aliphatic carbocycles. The quantitative estimate of drug-likeness (QED) is 0.0271. The number of amides is 8. The minimum atomic E-state index is -0.684. The number of alkyl carbamates (subject to hydrolysis) is 4. The Labute approximate surface area is 769 Å². The molecule has 6 N–H and O–H groups in total. The lowest BCUT2D eigenvalue weighted by Crippen LogP contribution is -2.57. The van der Waals surface area contributed by atoms with Crippen molar-refractivity contribution in [1.29, 1.82) is 0 Å². The summed E-state index contributed by atoms with van der Waals surface area (Å²) in [5.41, 5.74) is 12.9. The summed E-state index contributed by atoms with van der Waals surface area (Å²) >= 11 is 3.44. The minimum absolute atomic E-state index is 0.0337. The van der Waals surface area contributed by atoms with Gasteiger partial charge in [0.15, 0.2) is 0 Å². The Morgan fingerprint density at radius 3 is 1.18 bits per heavy atom. The first-order valence-corrected chi connectivity index (χ1v) is 46.6. The number of aromatic amines is 2. The summed E-state index contributed by atoms with van der Waals surface area (Å²) in [6.45, 7) is 24.9. The van der Waals surface area contributed by atoms with Crippen molar-refractivity contribution in [2.45, 2.75) is 232 Å². The lowest BCUT2D eigenvalue weighted by Gasteiger charge is -2.38. The second kappa shape index (κ2) is 39.3. The van der Waals surface area contributed by atoms with E-state index >= 15 is 0 Å². The number of hydrogen-bond donors (Lipinski definition) is 6. The van der Waals surface area contributed by atoms with Crippen LogP contribution in [0.3, 0.4) is 0 Å². The Morgan fingerprint density at radius 2 is 0.785 bits per heavy atom. The van der Waals surface area contributed by atoms with Crippen molar-refractivity contribution in [1.82, 2.24) is 60.8 Å². The van der Waals surface area contributed by atoms with Crippen LogP contribution in [-0.2, 0) is 47.4 Å². The molecule has 30 heteroatoms. The molecule has 686 valence electrons. The molecule has 0 unspecified atom stereocenters. The summed E-state index contributed by atoms with van der Waals surface area (Å²) in [4.78, 5) is 136. The Bertz CT molecular complexity index is 5690. The van der Waals surface area contributed by atoms with Crippen LogP contribution in [-0.4, -0.2) is 207 Å². The molecule has 2 aromatic heterocycles. The van der Waals surface area contributed by atoms with E-state index in [2.05, 4.69) is 182 Å². The minimum Gasteiger partial charge on any atom is -0.453 e. The predicted molar refractivity (Wildman–Crippen MR) is 506 cm³/mol. The number of carbonyl (C=O) groups is 8. The lowest BCUT2D eigenvalue weighted by molar-refractivity contribution is -0.138. The molecule has 12 atom stereocenters. The molecule has 17 rings (SSSR count). The Kier molecular flexibility index (Phi) is 28.2. The van der Waals surface area contributed by atoms with Crippen molar-refractivity contribution < 1.29 is 66.6 Å². The van der Waals surface area contributed by atoms with E-state index in [4.69, 9.17) is 38.5 Å². The van der Waals surface area contributed by atoms with Gasteiger partial charge < -0.3 is 79.1 Å². The number of rotatable bonds is 22. The van der Waals surface area contributed by atoms with Crippen LogP contribution in [0.4, 0.5) is 19.2 Å². The number of allylic oxidation sites excluding steroid dienone is 2. The number of nitrogens with one attached hydrogen (secondary N) is 6. The van der Waals surface area contributed by atoms with Gasteiger partial charge in [-0.3, -0.25) is 29.2 Å². The number of aliphatic imine (C=N–C) groups is 2. The van der Waals surface area contributed by atoms with Gasteiger partial charge in [-0.2, -0.15) is 0 Å². The summed E-state index contributed by atoms with van der Waals surface area (Å²) < 4.78 is 32.6. The van der Waals surface area contributed by atoms with Gasteiger partial charge in [0, 0.05) is 66.3 Å². The highest BCUT2D eigenvalue weighted by Gasteiger charge is 2.55. The third kappa shape index (κ3) is 19.6. The fourth-order valence-electron chi connectivity index (χ4n) is 20.2. The highest BCUT2D eigenvalue weighted by molar-refractivity contribution is 9.10. The number of fused-ring (bicyclic) bond motifs is 6. The maximum absolute atomic E-state index is 14.0. The number of imidazole rings is 2. The Balaban J connectivity index is 0.000000161. The first-order chi connectivity index (χ1) is 62.2. The van der Waals surface area contributed by atoms with Crippen LogP contribution in [0, 0.1) is 35.5 Å². The van der Waals surface area contributed by atoms with Crippen LogP contribution in [0.2, 0.25) is 0 Å². The van der Waals surface area contributed by atoms with Gasteiger partial charge in [0.05, 0.1) is 87.6 Å². The molecule has 9 aliphatic rings. The highest BCUT2D eigenvalue weighted by atomic mass is 79.9. The second-order valence-electron chi connectivity index (χ2n) is 38.2. The van der Waals surface area contributed by atoms with Crippen molar-refractivity contribution in [3.63, 3.8) is 0 Å². The molecule has 28 nitrogen and oxygen atoms in total. The monoisotopic (exact) mass is 1830 g/mol. The molecule has 8 amide bonds. The van der Waals surface area contributed by atoms with Gasteiger partial charge in [0.1, 0.15) is 35.8 Å². The zero-order chi connectivity index (χ0) is 92.5. The van der Waals surface area contributed by atoms with E-state index in [1.807, 2.05) is 118 Å². The number of nitrogens with zero attached hydrogens (tertiary/aromatic N) is 8. The van der Waals surface area contributed by atoms with Crippen LogP contribution >= 0.6 is 15.9 Å². The molecule has 0 spiro atoms. The van der Waals surface area contributed by atoms with Gasteiger partial charge in [-0.25, -0.2) is 29.1 Å². The van der Waals surface area contributed by atoms with Crippen molar-refractivity contribution in [3.05, 3.63) is 173 Å². The number of H-pyrrole nitrogens is 2. The van der Waals surface area contributed by atoms with Crippen molar-refractivity contribution >= 4 is 121 Å². The molecule has 7 fully saturated rings. The summed E-state index contributed by atoms with van der Waals surface area (Å²) in [5.74, 6) is 1.66. The van der Waals surface area contributed by atoms with Crippen LogP contribution < -0.4 is 26.7 Å². The summed E-state index contributed by atoms with van der Waals surface area (Å²) in [6, 6.07) is 39.7. The van der Waals surface area contributed by atoms with Crippen LogP contribution in [0.1, 0.15) is 195 Å². The zero-order valence-electron chi connectivity index (χ0n) is 77.2. The van der Waals surface area contributed by atoms with Gasteiger partial charge in [-0.05, 0) is 229 Å². The Morgan fingerprint density at radius 1 is 0.438 bits per heavy atom. The third-order valence-corrected chi connectivity index (χ3v) is 28.5. The van der Waals surface area contributed by atoms with E-state index < -0.39 is 55.7 Å². The fraction of sp³-hybridized carbons (Fsp3) is 0.480. The zero-order valence-corrected chi connectivity index (χ0v) is 78.8. The lowest BCUT2D eigenvalue weighted by atomic mass is 9.78. The molecule has 8 aromatic rings. The van der Waals surface area contributed by atoms with E-state index in [9.17, 15) is 38.4 Å². The average Bonchev–Trinajstić information content (AvgIpc) is 1.59. The molecule has 6 aromatic carbocycles. The molecule has 4 bridgehead atoms. The smallest absolute Gasteiger partial charge is 0.453 e. The fourth-order valence-corrected chi connectivity index (χ4v) is 20.4. The van der Waals surface area contributed by atoms with Crippen LogP contribution in [0.15, 0.2) is 161 Å². The number of ether oxygens (including phenoxy) is 4. The average molecular weight is 1830 g/mol. The first kappa shape index (κ1) is 93.2. The van der Waals surface area contributed by atoms with E-state index in [1.54, 1.807) is 6.20 Å². The van der Waals surface area contributed by atoms with Crippen molar-refractivity contribution in [2.24, 2.45) is 45.5 Å². The van der Waals surface area contributed by atoms with E-state index in [0.29, 0.717) is 37.8 Å². The van der Waals surface area contributed by atoms with Gasteiger partial charge in [0.2, 0.25) is 23.6 Å². The SMILES string of the molecule is COC(=O)N[C@H](C(=O)N1CCC[C@H]1c1ncc(-c2ccc(-c3ccc4cc(C5=CN=C([C@@H]6[C@H]7CC[C@H](C7)N6C(=O)[C@@H](NC(=O)OC)C(C)C)C5)ccc4c3)cc2)[nH]1)C(C)C.COC(=O)N[C@H](C(=O)N1CCC[C@H]1c1ncc(-c2ccc(Br)cc2)[nH]1)C(C)C.COC(=O)N[C@H](C(=O)N1[C@@H]2CC[C@@H](C2)[C@H]1C1=NC=C(c2ccc3cc(B4OC(C)(C)C(C)(C)O4)ccc3c2)C1)C(C)C. The standard InChI is InChI=1S/C47H55N7O6.C33H42BN3O5.C20H25BrN4O3/c1-26(2)40(51-46(57)59-5)44(55)53-19-7-8-39(53)43-49-25-38(50-43)29-11-9-28(10-12-29)30-13-14-32-21-33(16-15-31(32)20-30)35-23-37(48-24-35)42-34-17-18-36(22-34)54(42)45(56)41(27(3)4)52-47(58)60-6;1-19(2)28(36-31(39)40-7)30(38)37-26-13-11-23(16-26)29(37)27-17-24(18-35-27)21-8-9-22-15-25(12-10-20(22)14-21)34-41-32(3,4)33(5,6)42-34;1-12(2)17(24-20(27)28-3)19(26)25-10-4-5-16(25)18-22-11-15(23-18)13-6-8-14(21)9-7-13/h9-16,20-21,24-27,34,36,39-42H,7-8,17-19,22-23H2,1-6H3,(H,49,50)(H,51,57)(H,52,58);8-10,12,14-15,18-19,23,26,28-29H,11,13,16-17H2,1-7H3,(H,36,39);6-9,11-12,16-17H,4-5,10H2,1-3H3,(H,22,23)(H,24,27)/t34-,36+,39-,40-,41-,42-;23-,26+,28-,29-;16-,17-/m000/s1. The number of hydrogen-bond acceptors (Lipinski definition) is 18. The molecule has 7 aliphatic heterocycles. The molecule has 5 saturated heterocycles. The number of halogens is 1. The highest BCUT2D eigenvalue weighted by Crippen LogP contribution is 2.49. The maximum Gasteiger partial charge on any atom is 0.494 e. The molecule has 0 radical (unpaired) electrons. The first-order valence-electron chi connectivity index (χ1n) is 45.8. The molecule has 2 saturated carbocycles. The Hall–Kier alpha value is -11.5. The molecule has 9 heterocycles. The van der Waals surface area contributed by atoms with E-state index in [1.165, 1.54) is 28.4 Å². The van der Waals surface area contributed by atoms with Crippen LogP contribution in [0.5, 0.6) is 0 Å². The largest absolute Gasteiger partial charge is 0.494 e. The van der Waals surface area contributed by atoms with E-state index in [-0.39, 0.29) is 94.8 Å². The number of likely N-dealkylation sites (tertiary alicyclic amines) is 4. The number of methoxy groups -OCH3 is 4. The number of piperidine rings is 2.